The van der Waals surface area contributed by atoms with E-state index in [1.165, 1.54) is 11.3 Å². The first-order valence-electron chi connectivity index (χ1n) is 9.32. The molecule has 0 bridgehead atoms. The van der Waals surface area contributed by atoms with E-state index in [1.54, 1.807) is 13.4 Å². The van der Waals surface area contributed by atoms with Crippen molar-refractivity contribution in [2.24, 2.45) is 0 Å². The highest BCUT2D eigenvalue weighted by Gasteiger charge is 2.21. The molecule has 3 aromatic rings. The van der Waals surface area contributed by atoms with Gasteiger partial charge in [-0.25, -0.2) is 9.97 Å². The lowest BCUT2D eigenvalue weighted by Crippen LogP contribution is -2.38. The van der Waals surface area contributed by atoms with E-state index in [0.717, 1.165) is 58.4 Å². The molecule has 1 aliphatic heterocycles. The molecule has 8 heteroatoms. The Labute approximate surface area is 172 Å². The number of nitrogens with zero attached hydrogens (tertiary/aromatic N) is 3. The number of likely N-dealkylation sites (tertiary alicyclic amines) is 1. The number of rotatable bonds is 5. The second kappa shape index (κ2) is 8.43. The van der Waals surface area contributed by atoms with Gasteiger partial charge in [-0.05, 0) is 36.6 Å². The van der Waals surface area contributed by atoms with Crippen molar-refractivity contribution in [2.45, 2.75) is 25.4 Å². The first-order chi connectivity index (χ1) is 13.6. The molecule has 0 unspecified atom stereocenters. The summed E-state index contributed by atoms with van der Waals surface area (Å²) < 4.78 is 0.729. The largest absolute Gasteiger partial charge is 0.367 e. The van der Waals surface area contributed by atoms with E-state index in [0.29, 0.717) is 11.6 Å². The Morgan fingerprint density at radius 2 is 2.11 bits per heavy atom. The number of nitrogens with one attached hydrogen (secondary N) is 2. The number of anilines is 1. The van der Waals surface area contributed by atoms with Crippen molar-refractivity contribution in [1.29, 1.82) is 0 Å². The van der Waals surface area contributed by atoms with Crippen LogP contribution in [0.25, 0.3) is 10.2 Å². The average molecular weight is 416 g/mol. The van der Waals surface area contributed by atoms with Crippen LogP contribution in [-0.2, 0) is 6.54 Å². The van der Waals surface area contributed by atoms with Crippen LogP contribution in [0.3, 0.4) is 0 Å². The Bertz CT molecular complexity index is 984. The molecular formula is C20H22ClN5OS. The number of thiophene rings is 1. The van der Waals surface area contributed by atoms with Crippen molar-refractivity contribution in [3.63, 3.8) is 0 Å². The smallest absolute Gasteiger partial charge is 0.251 e. The van der Waals surface area contributed by atoms with Gasteiger partial charge in [0, 0.05) is 38.3 Å². The number of hydrogen-bond acceptors (Lipinski definition) is 6. The van der Waals surface area contributed by atoms with E-state index in [1.807, 2.05) is 24.3 Å². The fourth-order valence-electron chi connectivity index (χ4n) is 3.58. The standard InChI is InChI=1S/C20H22ClN5OS/c1-22-19(27)14-4-2-3-13(9-14)11-26-7-5-15(6-8-26)25-18-16-10-17(21)28-20(16)24-12-23-18/h2-4,9-10,12,15H,5-8,11H2,1H3,(H,22,27)(H,23,24,25). The highest BCUT2D eigenvalue weighted by Crippen LogP contribution is 2.32. The van der Waals surface area contributed by atoms with Crippen LogP contribution in [0, 0.1) is 0 Å². The Kier molecular flexibility index (Phi) is 5.75. The molecular weight excluding hydrogens is 394 g/mol. The fourth-order valence-corrected chi connectivity index (χ4v) is 4.64. The molecule has 1 saturated heterocycles. The Hall–Kier alpha value is -2.22. The van der Waals surface area contributed by atoms with E-state index in [9.17, 15) is 4.79 Å². The molecule has 1 aromatic carbocycles. The van der Waals surface area contributed by atoms with Crippen LogP contribution in [0.15, 0.2) is 36.7 Å². The summed E-state index contributed by atoms with van der Waals surface area (Å²) in [6.45, 7) is 2.86. The Morgan fingerprint density at radius 1 is 1.29 bits per heavy atom. The first kappa shape index (κ1) is 19.1. The van der Waals surface area contributed by atoms with Crippen LogP contribution in [0.1, 0.15) is 28.8 Å². The fraction of sp³-hybridized carbons (Fsp3) is 0.350. The van der Waals surface area contributed by atoms with Crippen LogP contribution < -0.4 is 10.6 Å². The van der Waals surface area contributed by atoms with E-state index in [4.69, 9.17) is 11.6 Å². The third-order valence-electron chi connectivity index (χ3n) is 5.05. The molecule has 4 rings (SSSR count). The highest BCUT2D eigenvalue weighted by molar-refractivity contribution is 7.22. The van der Waals surface area contributed by atoms with Crippen LogP contribution in [0.5, 0.6) is 0 Å². The summed E-state index contributed by atoms with van der Waals surface area (Å²) in [5.41, 5.74) is 1.87. The van der Waals surface area contributed by atoms with Crippen molar-refractivity contribution in [3.8, 4) is 0 Å². The van der Waals surface area contributed by atoms with E-state index in [-0.39, 0.29) is 5.91 Å². The highest BCUT2D eigenvalue weighted by atomic mass is 35.5. The number of benzene rings is 1. The zero-order chi connectivity index (χ0) is 19.5. The lowest BCUT2D eigenvalue weighted by molar-refractivity contribution is 0.0963. The second-order valence-electron chi connectivity index (χ2n) is 6.97. The molecule has 28 heavy (non-hydrogen) atoms. The number of halogens is 1. The lowest BCUT2D eigenvalue weighted by atomic mass is 10.0. The molecule has 1 fully saturated rings. The monoisotopic (exact) mass is 415 g/mol. The Balaban J connectivity index is 1.35. The van der Waals surface area contributed by atoms with Gasteiger partial charge in [-0.3, -0.25) is 9.69 Å². The molecule has 146 valence electrons. The zero-order valence-electron chi connectivity index (χ0n) is 15.6. The number of piperidine rings is 1. The van der Waals surface area contributed by atoms with Crippen LogP contribution >= 0.6 is 22.9 Å². The second-order valence-corrected chi connectivity index (χ2v) is 8.63. The number of amides is 1. The maximum absolute atomic E-state index is 11.8. The quantitative estimate of drug-likeness (QED) is 0.663. The molecule has 2 aromatic heterocycles. The maximum atomic E-state index is 11.8. The van der Waals surface area contributed by atoms with Gasteiger partial charge in [-0.2, -0.15) is 0 Å². The molecule has 6 nitrogen and oxygen atoms in total. The summed E-state index contributed by atoms with van der Waals surface area (Å²) >= 11 is 7.60. The van der Waals surface area contributed by atoms with Gasteiger partial charge in [0.05, 0.1) is 9.72 Å². The minimum Gasteiger partial charge on any atom is -0.367 e. The Morgan fingerprint density at radius 3 is 2.89 bits per heavy atom. The normalized spacial score (nSPS) is 15.6. The predicted molar refractivity (Wildman–Crippen MR) is 114 cm³/mol. The van der Waals surface area contributed by atoms with Crippen LogP contribution in [0.4, 0.5) is 5.82 Å². The maximum Gasteiger partial charge on any atom is 0.251 e. The number of hydrogen-bond donors (Lipinski definition) is 2. The lowest BCUT2D eigenvalue weighted by Gasteiger charge is -2.32. The molecule has 0 atom stereocenters. The van der Waals surface area contributed by atoms with Gasteiger partial charge in [-0.1, -0.05) is 23.7 Å². The van der Waals surface area contributed by atoms with Gasteiger partial charge in [0.15, 0.2) is 0 Å². The average Bonchev–Trinajstić information content (AvgIpc) is 3.10. The zero-order valence-corrected chi connectivity index (χ0v) is 17.2. The van der Waals surface area contributed by atoms with Gasteiger partial charge < -0.3 is 10.6 Å². The summed E-state index contributed by atoms with van der Waals surface area (Å²) in [5.74, 6) is 0.819. The van der Waals surface area contributed by atoms with E-state index < -0.39 is 0 Å². The molecule has 3 heterocycles. The molecule has 1 amide bonds. The van der Waals surface area contributed by atoms with Crippen LogP contribution in [0.2, 0.25) is 4.34 Å². The molecule has 0 aliphatic carbocycles. The SMILES string of the molecule is CNC(=O)c1cccc(CN2CCC(Nc3ncnc4sc(Cl)cc34)CC2)c1. The molecule has 0 saturated carbocycles. The third kappa shape index (κ3) is 4.27. The van der Waals surface area contributed by atoms with Crippen molar-refractivity contribution < 1.29 is 4.79 Å². The van der Waals surface area contributed by atoms with Crippen molar-refractivity contribution in [3.05, 3.63) is 52.1 Å². The number of fused-ring (bicyclic) bond motifs is 1. The van der Waals surface area contributed by atoms with Gasteiger partial charge in [0.2, 0.25) is 0 Å². The number of carbonyl (C=O) groups excluding carboxylic acids is 1. The molecule has 1 aliphatic rings. The van der Waals surface area contributed by atoms with E-state index in [2.05, 4.69) is 31.6 Å². The third-order valence-corrected chi connectivity index (χ3v) is 6.22. The molecule has 2 N–H and O–H groups in total. The van der Waals surface area contributed by atoms with Gasteiger partial charge in [-0.15, -0.1) is 11.3 Å². The molecule has 0 radical (unpaired) electrons. The molecule has 0 spiro atoms. The van der Waals surface area contributed by atoms with Crippen molar-refractivity contribution >= 4 is 44.9 Å². The van der Waals surface area contributed by atoms with Crippen LogP contribution in [-0.4, -0.2) is 47.0 Å². The summed E-state index contributed by atoms with van der Waals surface area (Å²) in [6.07, 6.45) is 3.67. The van der Waals surface area contributed by atoms with Crippen molar-refractivity contribution in [2.75, 3.05) is 25.5 Å². The van der Waals surface area contributed by atoms with Gasteiger partial charge >= 0.3 is 0 Å². The summed E-state index contributed by atoms with van der Waals surface area (Å²) in [5, 5.41) is 7.24. The summed E-state index contributed by atoms with van der Waals surface area (Å²) in [6, 6.07) is 10.2. The van der Waals surface area contributed by atoms with Gasteiger partial charge in [0.1, 0.15) is 17.0 Å². The number of aromatic nitrogens is 2. The van der Waals surface area contributed by atoms with Gasteiger partial charge in [0.25, 0.3) is 5.91 Å². The summed E-state index contributed by atoms with van der Waals surface area (Å²) in [4.78, 5) is 23.9. The minimum absolute atomic E-state index is 0.0468. The predicted octanol–water partition coefficient (Wildman–Crippen LogP) is 3.78. The topological polar surface area (TPSA) is 70.2 Å². The van der Waals surface area contributed by atoms with E-state index >= 15 is 0 Å². The number of carbonyl (C=O) groups is 1. The minimum atomic E-state index is -0.0468. The first-order valence-corrected chi connectivity index (χ1v) is 10.5. The van der Waals surface area contributed by atoms with Crippen molar-refractivity contribution in [1.82, 2.24) is 20.2 Å². The summed E-state index contributed by atoms with van der Waals surface area (Å²) in [7, 11) is 1.66.